The van der Waals surface area contributed by atoms with Crippen molar-refractivity contribution in [2.24, 2.45) is 0 Å². The molecule has 0 saturated carbocycles. The third-order valence-corrected chi connectivity index (χ3v) is 5.06. The van der Waals surface area contributed by atoms with E-state index in [4.69, 9.17) is 0 Å². The molecule has 1 aliphatic rings. The van der Waals surface area contributed by atoms with E-state index in [1.807, 2.05) is 17.0 Å². The lowest BCUT2D eigenvalue weighted by Gasteiger charge is -2.36. The molecule has 0 spiro atoms. The third kappa shape index (κ3) is 3.74. The summed E-state index contributed by atoms with van der Waals surface area (Å²) in [6, 6.07) is 10.1. The van der Waals surface area contributed by atoms with Gasteiger partial charge in [-0.2, -0.15) is 5.10 Å². The van der Waals surface area contributed by atoms with Gasteiger partial charge in [0.1, 0.15) is 5.82 Å². The van der Waals surface area contributed by atoms with E-state index in [9.17, 15) is 9.18 Å². The first-order valence-corrected chi connectivity index (χ1v) is 9.20. The number of nitrogens with zero attached hydrogens (tertiary/aromatic N) is 3. The number of benzene rings is 1. The highest BCUT2D eigenvalue weighted by Gasteiger charge is 2.31. The molecule has 138 valence electrons. The Morgan fingerprint density at radius 2 is 2.07 bits per heavy atom. The number of amides is 1. The Bertz CT molecular complexity index is 925. The lowest BCUT2D eigenvalue weighted by molar-refractivity contribution is -0.134. The van der Waals surface area contributed by atoms with Crippen LogP contribution in [0.2, 0.25) is 0 Å². The van der Waals surface area contributed by atoms with Gasteiger partial charge in [-0.05, 0) is 54.7 Å². The molecular formula is C21H21FN4O. The third-order valence-electron chi connectivity index (χ3n) is 5.06. The van der Waals surface area contributed by atoms with E-state index >= 15 is 0 Å². The van der Waals surface area contributed by atoms with Gasteiger partial charge in [-0.15, -0.1) is 0 Å². The average molecular weight is 364 g/mol. The molecule has 1 saturated heterocycles. The maximum absolute atomic E-state index is 13.5. The SMILES string of the molecule is O=C(Cc1cccc(F)c1)N1CCCC[C@@H]1c1[nH]ncc1-c1ccncc1. The summed E-state index contributed by atoms with van der Waals surface area (Å²) in [5.74, 6) is -0.301. The molecule has 4 rings (SSSR count). The van der Waals surface area contributed by atoms with E-state index in [1.54, 1.807) is 30.7 Å². The second kappa shape index (κ2) is 7.70. The van der Waals surface area contributed by atoms with Crippen molar-refractivity contribution in [2.75, 3.05) is 6.54 Å². The molecule has 0 aliphatic carbocycles. The Labute approximate surface area is 157 Å². The molecule has 1 aliphatic heterocycles. The van der Waals surface area contributed by atoms with Crippen molar-refractivity contribution >= 4 is 5.91 Å². The van der Waals surface area contributed by atoms with Crippen molar-refractivity contribution in [3.05, 3.63) is 72.1 Å². The molecular weight excluding hydrogens is 343 g/mol. The summed E-state index contributed by atoms with van der Waals surface area (Å²) in [4.78, 5) is 19.0. The molecule has 5 nitrogen and oxygen atoms in total. The Morgan fingerprint density at radius 1 is 1.22 bits per heavy atom. The highest BCUT2D eigenvalue weighted by atomic mass is 19.1. The molecule has 3 aromatic rings. The predicted octanol–water partition coefficient (Wildman–Crippen LogP) is 3.91. The standard InChI is InChI=1S/C21H21FN4O/c22-17-5-3-4-15(12-17)13-20(27)26-11-2-1-6-19(26)21-18(14-24-25-21)16-7-9-23-10-8-16/h3-5,7-10,12,14,19H,1-2,6,11,13H2,(H,24,25)/t19-/m1/s1. The second-order valence-corrected chi connectivity index (χ2v) is 6.84. The summed E-state index contributed by atoms with van der Waals surface area (Å²) in [6.07, 6.45) is 8.42. The van der Waals surface area contributed by atoms with Crippen LogP contribution in [0.3, 0.4) is 0 Å². The topological polar surface area (TPSA) is 61.9 Å². The van der Waals surface area contributed by atoms with Gasteiger partial charge in [0.25, 0.3) is 0 Å². The number of halogens is 1. The number of carbonyl (C=O) groups excluding carboxylic acids is 1. The van der Waals surface area contributed by atoms with Gasteiger partial charge in [0, 0.05) is 24.5 Å². The van der Waals surface area contributed by atoms with Crippen LogP contribution in [0.1, 0.15) is 36.6 Å². The van der Waals surface area contributed by atoms with Crippen LogP contribution in [-0.4, -0.2) is 32.5 Å². The molecule has 1 fully saturated rings. The molecule has 2 aromatic heterocycles. The Morgan fingerprint density at radius 3 is 2.89 bits per heavy atom. The zero-order chi connectivity index (χ0) is 18.6. The largest absolute Gasteiger partial charge is 0.334 e. The number of aromatic amines is 1. The number of hydrogen-bond acceptors (Lipinski definition) is 3. The highest BCUT2D eigenvalue weighted by molar-refractivity contribution is 5.80. The van der Waals surface area contributed by atoms with Gasteiger partial charge in [0.2, 0.25) is 5.91 Å². The maximum Gasteiger partial charge on any atom is 0.227 e. The predicted molar refractivity (Wildman–Crippen MR) is 100 cm³/mol. The van der Waals surface area contributed by atoms with Crippen molar-refractivity contribution in [3.8, 4) is 11.1 Å². The number of H-pyrrole nitrogens is 1. The van der Waals surface area contributed by atoms with E-state index in [0.717, 1.165) is 36.1 Å². The number of piperidine rings is 1. The highest BCUT2D eigenvalue weighted by Crippen LogP contribution is 2.35. The number of pyridine rings is 1. The monoisotopic (exact) mass is 364 g/mol. The molecule has 1 amide bonds. The van der Waals surface area contributed by atoms with Gasteiger partial charge in [-0.1, -0.05) is 12.1 Å². The zero-order valence-electron chi connectivity index (χ0n) is 14.9. The molecule has 1 aromatic carbocycles. The van der Waals surface area contributed by atoms with Crippen LogP contribution in [0.5, 0.6) is 0 Å². The molecule has 27 heavy (non-hydrogen) atoms. The molecule has 1 N–H and O–H groups in total. The molecule has 1 atom stereocenters. The van der Waals surface area contributed by atoms with Gasteiger partial charge < -0.3 is 4.90 Å². The van der Waals surface area contributed by atoms with Crippen LogP contribution in [-0.2, 0) is 11.2 Å². The fourth-order valence-corrected chi connectivity index (χ4v) is 3.76. The second-order valence-electron chi connectivity index (χ2n) is 6.84. The van der Waals surface area contributed by atoms with Gasteiger partial charge in [-0.25, -0.2) is 4.39 Å². The first kappa shape index (κ1) is 17.4. The van der Waals surface area contributed by atoms with Crippen LogP contribution in [0.15, 0.2) is 55.0 Å². The number of hydrogen-bond donors (Lipinski definition) is 1. The fourth-order valence-electron chi connectivity index (χ4n) is 3.76. The number of aromatic nitrogens is 3. The smallest absolute Gasteiger partial charge is 0.227 e. The minimum atomic E-state index is -0.316. The summed E-state index contributed by atoms with van der Waals surface area (Å²) >= 11 is 0. The van der Waals surface area contributed by atoms with Gasteiger partial charge in [-0.3, -0.25) is 14.9 Å². The number of carbonyl (C=O) groups is 1. The molecule has 6 heteroatoms. The lowest BCUT2D eigenvalue weighted by Crippen LogP contribution is -2.39. The Kier molecular flexibility index (Phi) is 4.96. The van der Waals surface area contributed by atoms with Crippen molar-refractivity contribution in [1.29, 1.82) is 0 Å². The van der Waals surface area contributed by atoms with Crippen LogP contribution < -0.4 is 0 Å². The summed E-state index contributed by atoms with van der Waals surface area (Å²) in [5, 5.41) is 7.34. The van der Waals surface area contributed by atoms with E-state index in [0.29, 0.717) is 12.1 Å². The lowest BCUT2D eigenvalue weighted by atomic mass is 9.94. The van der Waals surface area contributed by atoms with Gasteiger partial charge >= 0.3 is 0 Å². The van der Waals surface area contributed by atoms with Crippen LogP contribution in [0, 0.1) is 5.82 Å². The Hall–Kier alpha value is -3.02. The average Bonchev–Trinajstić information content (AvgIpc) is 3.18. The normalized spacial score (nSPS) is 17.1. The first-order chi connectivity index (χ1) is 13.2. The van der Waals surface area contributed by atoms with Crippen LogP contribution in [0.4, 0.5) is 4.39 Å². The summed E-state index contributed by atoms with van der Waals surface area (Å²) in [6.45, 7) is 0.702. The number of likely N-dealkylation sites (tertiary alicyclic amines) is 1. The zero-order valence-corrected chi connectivity index (χ0v) is 14.9. The van der Waals surface area contributed by atoms with Crippen molar-refractivity contribution < 1.29 is 9.18 Å². The van der Waals surface area contributed by atoms with E-state index in [1.165, 1.54) is 12.1 Å². The number of nitrogens with one attached hydrogen (secondary N) is 1. The van der Waals surface area contributed by atoms with E-state index in [-0.39, 0.29) is 24.2 Å². The Balaban J connectivity index is 1.60. The quantitative estimate of drug-likeness (QED) is 0.764. The van der Waals surface area contributed by atoms with Crippen molar-refractivity contribution in [2.45, 2.75) is 31.7 Å². The fraction of sp³-hybridized carbons (Fsp3) is 0.286. The minimum absolute atomic E-state index is 0.0144. The van der Waals surface area contributed by atoms with E-state index in [2.05, 4.69) is 15.2 Å². The van der Waals surface area contributed by atoms with Gasteiger partial charge in [0.05, 0.1) is 24.4 Å². The summed E-state index contributed by atoms with van der Waals surface area (Å²) in [5.41, 5.74) is 3.67. The molecule has 0 unspecified atom stereocenters. The van der Waals surface area contributed by atoms with Crippen LogP contribution >= 0.6 is 0 Å². The molecule has 0 bridgehead atoms. The minimum Gasteiger partial charge on any atom is -0.334 e. The van der Waals surface area contributed by atoms with Crippen LogP contribution in [0.25, 0.3) is 11.1 Å². The number of rotatable bonds is 4. The van der Waals surface area contributed by atoms with Crippen molar-refractivity contribution in [3.63, 3.8) is 0 Å². The molecule has 3 heterocycles. The summed E-state index contributed by atoms with van der Waals surface area (Å²) < 4.78 is 13.5. The summed E-state index contributed by atoms with van der Waals surface area (Å²) in [7, 11) is 0. The van der Waals surface area contributed by atoms with E-state index < -0.39 is 0 Å². The molecule has 0 radical (unpaired) electrons. The van der Waals surface area contributed by atoms with Crippen molar-refractivity contribution in [1.82, 2.24) is 20.1 Å². The first-order valence-electron chi connectivity index (χ1n) is 9.20. The van der Waals surface area contributed by atoms with Gasteiger partial charge in [0.15, 0.2) is 0 Å². The maximum atomic E-state index is 13.5.